The number of imide groups is 1. The Kier molecular flexibility index (Phi) is 5.40. The van der Waals surface area contributed by atoms with Crippen LogP contribution in [0.15, 0.2) is 42.5 Å². The lowest BCUT2D eigenvalue weighted by Crippen LogP contribution is -2.34. The van der Waals surface area contributed by atoms with Crippen molar-refractivity contribution >= 4 is 23.2 Å². The summed E-state index contributed by atoms with van der Waals surface area (Å²) in [7, 11) is 0. The average Bonchev–Trinajstić information content (AvgIpc) is 2.91. The molecule has 136 valence electrons. The third kappa shape index (κ3) is 3.64. The van der Waals surface area contributed by atoms with Crippen LogP contribution in [-0.4, -0.2) is 17.9 Å². The SMILES string of the molecule is CCCCc1ccc(N2C(=O)CC(Nc3cccc(C)c3C)C2=O)cc1. The summed E-state index contributed by atoms with van der Waals surface area (Å²) in [4.78, 5) is 26.6. The van der Waals surface area contributed by atoms with Gasteiger partial charge in [-0.3, -0.25) is 9.59 Å². The molecule has 2 aromatic carbocycles. The molecule has 0 aromatic heterocycles. The summed E-state index contributed by atoms with van der Waals surface area (Å²) in [5.74, 6) is -0.337. The quantitative estimate of drug-likeness (QED) is 0.786. The Morgan fingerprint density at radius 2 is 1.81 bits per heavy atom. The fraction of sp³-hybridized carbons (Fsp3) is 0.364. The Bertz CT molecular complexity index is 811. The van der Waals surface area contributed by atoms with E-state index in [0.717, 1.165) is 36.1 Å². The molecule has 0 saturated carbocycles. The van der Waals surface area contributed by atoms with Crippen molar-refractivity contribution in [1.82, 2.24) is 0 Å². The van der Waals surface area contributed by atoms with Gasteiger partial charge in [-0.05, 0) is 61.6 Å². The third-order valence-electron chi connectivity index (χ3n) is 5.09. The summed E-state index contributed by atoms with van der Waals surface area (Å²) in [5, 5.41) is 3.26. The molecule has 0 radical (unpaired) electrons. The molecule has 1 atom stereocenters. The van der Waals surface area contributed by atoms with Gasteiger partial charge in [0.05, 0.1) is 12.1 Å². The van der Waals surface area contributed by atoms with Gasteiger partial charge in [-0.15, -0.1) is 0 Å². The smallest absolute Gasteiger partial charge is 0.256 e. The zero-order valence-electron chi connectivity index (χ0n) is 15.7. The second-order valence-corrected chi connectivity index (χ2v) is 6.99. The molecule has 3 rings (SSSR count). The maximum atomic E-state index is 12.8. The minimum absolute atomic E-state index is 0.154. The van der Waals surface area contributed by atoms with Crippen molar-refractivity contribution in [1.29, 1.82) is 0 Å². The number of nitrogens with one attached hydrogen (secondary N) is 1. The zero-order valence-corrected chi connectivity index (χ0v) is 15.7. The highest BCUT2D eigenvalue weighted by molar-refractivity contribution is 6.23. The Labute approximate surface area is 155 Å². The van der Waals surface area contributed by atoms with Crippen molar-refractivity contribution in [3.8, 4) is 0 Å². The average molecular weight is 350 g/mol. The maximum Gasteiger partial charge on any atom is 0.256 e. The van der Waals surface area contributed by atoms with Crippen molar-refractivity contribution in [2.45, 2.75) is 52.5 Å². The number of aryl methyl sites for hydroxylation is 2. The summed E-state index contributed by atoms with van der Waals surface area (Å²) in [6.07, 6.45) is 3.50. The first-order valence-electron chi connectivity index (χ1n) is 9.29. The summed E-state index contributed by atoms with van der Waals surface area (Å²) in [6.45, 7) is 6.22. The number of unbranched alkanes of at least 4 members (excludes halogenated alkanes) is 1. The van der Waals surface area contributed by atoms with Gasteiger partial charge in [0.2, 0.25) is 5.91 Å². The number of benzene rings is 2. The number of hydrogen-bond acceptors (Lipinski definition) is 3. The van der Waals surface area contributed by atoms with E-state index in [0.29, 0.717) is 5.69 Å². The predicted molar refractivity (Wildman–Crippen MR) is 105 cm³/mol. The fourth-order valence-electron chi connectivity index (χ4n) is 3.30. The highest BCUT2D eigenvalue weighted by atomic mass is 16.2. The van der Waals surface area contributed by atoms with E-state index in [9.17, 15) is 9.59 Å². The third-order valence-corrected chi connectivity index (χ3v) is 5.09. The second-order valence-electron chi connectivity index (χ2n) is 6.99. The van der Waals surface area contributed by atoms with E-state index >= 15 is 0 Å². The molecule has 0 aliphatic carbocycles. The first kappa shape index (κ1) is 18.2. The van der Waals surface area contributed by atoms with E-state index in [-0.39, 0.29) is 18.2 Å². The van der Waals surface area contributed by atoms with E-state index in [1.165, 1.54) is 10.5 Å². The first-order valence-corrected chi connectivity index (χ1v) is 9.29. The molecule has 1 heterocycles. The lowest BCUT2D eigenvalue weighted by molar-refractivity contribution is -0.121. The van der Waals surface area contributed by atoms with E-state index in [4.69, 9.17) is 0 Å². The van der Waals surface area contributed by atoms with Crippen LogP contribution < -0.4 is 10.2 Å². The summed E-state index contributed by atoms with van der Waals surface area (Å²) in [6, 6.07) is 13.2. The van der Waals surface area contributed by atoms with Crippen LogP contribution in [0.1, 0.15) is 42.9 Å². The lowest BCUT2D eigenvalue weighted by Gasteiger charge is -2.18. The van der Waals surface area contributed by atoms with Crippen LogP contribution in [0.4, 0.5) is 11.4 Å². The number of amides is 2. The minimum Gasteiger partial charge on any atom is -0.373 e. The molecule has 1 unspecified atom stereocenters. The summed E-state index contributed by atoms with van der Waals surface area (Å²) < 4.78 is 0. The Morgan fingerprint density at radius 3 is 2.50 bits per heavy atom. The highest BCUT2D eigenvalue weighted by Crippen LogP contribution is 2.27. The van der Waals surface area contributed by atoms with Crippen molar-refractivity contribution in [3.05, 3.63) is 59.2 Å². The molecular weight excluding hydrogens is 324 g/mol. The molecule has 0 spiro atoms. The van der Waals surface area contributed by atoms with Gasteiger partial charge in [-0.2, -0.15) is 0 Å². The summed E-state index contributed by atoms with van der Waals surface area (Å²) >= 11 is 0. The van der Waals surface area contributed by atoms with Gasteiger partial charge in [0.1, 0.15) is 6.04 Å². The van der Waals surface area contributed by atoms with E-state index in [2.05, 4.69) is 12.2 Å². The maximum absolute atomic E-state index is 12.8. The van der Waals surface area contributed by atoms with E-state index < -0.39 is 6.04 Å². The topological polar surface area (TPSA) is 49.4 Å². The Balaban J connectivity index is 1.75. The van der Waals surface area contributed by atoms with Crippen molar-refractivity contribution in [2.75, 3.05) is 10.2 Å². The molecule has 4 nitrogen and oxygen atoms in total. The highest BCUT2D eigenvalue weighted by Gasteiger charge is 2.39. The molecule has 0 bridgehead atoms. The molecule has 1 aliphatic heterocycles. The van der Waals surface area contributed by atoms with Crippen LogP contribution in [0.2, 0.25) is 0 Å². The van der Waals surface area contributed by atoms with Crippen LogP contribution in [-0.2, 0) is 16.0 Å². The van der Waals surface area contributed by atoms with E-state index in [1.807, 2.05) is 56.3 Å². The van der Waals surface area contributed by atoms with E-state index in [1.54, 1.807) is 0 Å². The summed E-state index contributed by atoms with van der Waals surface area (Å²) in [5.41, 5.74) is 5.07. The zero-order chi connectivity index (χ0) is 18.7. The largest absolute Gasteiger partial charge is 0.373 e. The van der Waals surface area contributed by atoms with Crippen LogP contribution in [0, 0.1) is 13.8 Å². The van der Waals surface area contributed by atoms with Crippen LogP contribution in [0.25, 0.3) is 0 Å². The van der Waals surface area contributed by atoms with Crippen molar-refractivity contribution < 1.29 is 9.59 Å². The number of anilines is 2. The van der Waals surface area contributed by atoms with Crippen LogP contribution in [0.3, 0.4) is 0 Å². The number of rotatable bonds is 6. The lowest BCUT2D eigenvalue weighted by atomic mass is 10.1. The van der Waals surface area contributed by atoms with Gasteiger partial charge in [-0.25, -0.2) is 4.90 Å². The van der Waals surface area contributed by atoms with Gasteiger partial charge >= 0.3 is 0 Å². The number of nitrogens with zero attached hydrogens (tertiary/aromatic N) is 1. The van der Waals surface area contributed by atoms with Gasteiger partial charge in [0.15, 0.2) is 0 Å². The molecule has 1 fully saturated rings. The second kappa shape index (κ2) is 7.73. The predicted octanol–water partition coefficient (Wildman–Crippen LogP) is 4.39. The fourth-order valence-corrected chi connectivity index (χ4v) is 3.30. The van der Waals surface area contributed by atoms with Crippen LogP contribution >= 0.6 is 0 Å². The Hall–Kier alpha value is -2.62. The molecule has 4 heteroatoms. The van der Waals surface area contributed by atoms with Gasteiger partial charge in [0, 0.05) is 5.69 Å². The van der Waals surface area contributed by atoms with Crippen molar-refractivity contribution in [3.63, 3.8) is 0 Å². The van der Waals surface area contributed by atoms with Gasteiger partial charge in [-0.1, -0.05) is 37.6 Å². The molecule has 26 heavy (non-hydrogen) atoms. The molecular formula is C22H26N2O2. The molecule has 1 N–H and O–H groups in total. The van der Waals surface area contributed by atoms with Crippen LogP contribution in [0.5, 0.6) is 0 Å². The van der Waals surface area contributed by atoms with Crippen molar-refractivity contribution in [2.24, 2.45) is 0 Å². The number of hydrogen-bond donors (Lipinski definition) is 1. The number of carbonyl (C=O) groups is 2. The normalized spacial score (nSPS) is 17.0. The number of carbonyl (C=O) groups excluding carboxylic acids is 2. The molecule has 1 aliphatic rings. The van der Waals surface area contributed by atoms with Gasteiger partial charge in [0.25, 0.3) is 5.91 Å². The molecule has 2 amide bonds. The Morgan fingerprint density at radius 1 is 1.08 bits per heavy atom. The monoisotopic (exact) mass is 350 g/mol. The first-order chi connectivity index (χ1) is 12.5. The minimum atomic E-state index is -0.511. The molecule has 1 saturated heterocycles. The molecule has 2 aromatic rings. The standard InChI is InChI=1S/C22H26N2O2/c1-4-5-8-17-10-12-18(13-11-17)24-21(25)14-20(22(24)26)23-19-9-6-7-15(2)16(19)3/h6-7,9-13,20,23H,4-5,8,14H2,1-3H3. The van der Waals surface area contributed by atoms with Gasteiger partial charge < -0.3 is 5.32 Å².